The van der Waals surface area contributed by atoms with Crippen LogP contribution in [0.5, 0.6) is 0 Å². The summed E-state index contributed by atoms with van der Waals surface area (Å²) in [7, 11) is 0. The number of nitrogens with one attached hydrogen (secondary N) is 1. The first-order chi connectivity index (χ1) is 2.27. The van der Waals surface area contributed by atoms with Gasteiger partial charge in [-0.25, -0.2) is 4.79 Å². The zero-order valence-corrected chi connectivity index (χ0v) is 3.12. The number of hydrogen-bond acceptors (Lipinski definition) is 1. The summed E-state index contributed by atoms with van der Waals surface area (Å²) in [5.74, 6) is 0. The molecule has 0 atom stereocenters. The average Bonchev–Trinajstić information content (AvgIpc) is 1.38. The Morgan fingerprint density at radius 1 is 1.83 bits per heavy atom. The molecule has 0 rings (SSSR count). The van der Waals surface area contributed by atoms with Gasteiger partial charge in [-0.15, -0.1) is 0 Å². The van der Waals surface area contributed by atoms with Gasteiger partial charge in [0, 0.05) is 11.8 Å². The van der Waals surface area contributed by atoms with E-state index >= 15 is 0 Å². The molecule has 3 nitrogen and oxygen atoms in total. The van der Waals surface area contributed by atoms with E-state index in [1.54, 1.807) is 4.84 Å². The summed E-state index contributed by atoms with van der Waals surface area (Å²) in [6.45, 7) is 0. The summed E-state index contributed by atoms with van der Waals surface area (Å²) in [6, 6.07) is -0.730. The van der Waals surface area contributed by atoms with E-state index in [4.69, 9.17) is 0 Å². The van der Waals surface area contributed by atoms with E-state index in [-0.39, 0.29) is 29.6 Å². The molecule has 5 heteroatoms. The summed E-state index contributed by atoms with van der Waals surface area (Å²) in [5, 5.41) is 0. The second-order valence-electron chi connectivity index (χ2n) is 0.459. The Balaban J connectivity index is 0. The van der Waals surface area contributed by atoms with Crippen LogP contribution in [0.4, 0.5) is 4.79 Å². The molecule has 3 N–H and O–H groups in total. The molecule has 2 amide bonds. The van der Waals surface area contributed by atoms with Crippen LogP contribution in [0.1, 0.15) is 0 Å². The van der Waals surface area contributed by atoms with Gasteiger partial charge in [0.15, 0.2) is 0 Å². The van der Waals surface area contributed by atoms with Gasteiger partial charge in [0.2, 0.25) is 0 Å². The number of carbonyl (C=O) groups excluding carboxylic acids is 1. The number of halogens is 1. The molecule has 0 radical (unpaired) electrons. The van der Waals surface area contributed by atoms with Gasteiger partial charge in [0.25, 0.3) is 0 Å². The zero-order chi connectivity index (χ0) is 4.28. The topological polar surface area (TPSA) is 55.1 Å². The Morgan fingerprint density at radius 3 is 2.00 bits per heavy atom. The van der Waals surface area contributed by atoms with Crippen molar-refractivity contribution in [1.29, 1.82) is 0 Å². The summed E-state index contributed by atoms with van der Waals surface area (Å²) in [4.78, 5) is 11.0. The number of carbonyl (C=O) groups is 1. The molecule has 0 spiro atoms. The molecule has 0 fully saturated rings. The van der Waals surface area contributed by atoms with Crippen molar-refractivity contribution < 1.29 is 4.79 Å². The van der Waals surface area contributed by atoms with E-state index < -0.39 is 6.03 Å². The molecular formula is CH4ClN2NaO. The minimum atomic E-state index is -0.730. The Hall–Kier alpha value is 0.560. The first-order valence-electron chi connectivity index (χ1n) is 0.932. The van der Waals surface area contributed by atoms with Crippen LogP contribution in [-0.4, -0.2) is 35.6 Å². The van der Waals surface area contributed by atoms with E-state index in [0.29, 0.717) is 0 Å². The molecule has 0 aliphatic rings. The van der Waals surface area contributed by atoms with Crippen molar-refractivity contribution >= 4 is 47.4 Å². The van der Waals surface area contributed by atoms with E-state index in [1.165, 1.54) is 0 Å². The molecule has 0 aliphatic carbocycles. The number of urea groups is 1. The molecule has 0 aromatic rings. The molecule has 32 valence electrons. The van der Waals surface area contributed by atoms with Gasteiger partial charge in [-0.1, -0.05) is 0 Å². The van der Waals surface area contributed by atoms with Gasteiger partial charge in [0.1, 0.15) is 0 Å². The summed E-state index contributed by atoms with van der Waals surface area (Å²) in [5.41, 5.74) is 4.41. The Labute approximate surface area is 62.6 Å². The Kier molecular flexibility index (Phi) is 9.04. The third-order valence-corrected chi connectivity index (χ3v) is 0.279. The van der Waals surface area contributed by atoms with Crippen molar-refractivity contribution in [2.75, 3.05) is 0 Å². The van der Waals surface area contributed by atoms with Crippen LogP contribution in [-0.2, 0) is 0 Å². The second-order valence-corrected chi connectivity index (χ2v) is 0.648. The van der Waals surface area contributed by atoms with E-state index in [9.17, 15) is 4.79 Å². The van der Waals surface area contributed by atoms with Gasteiger partial charge >= 0.3 is 35.6 Å². The van der Waals surface area contributed by atoms with Gasteiger partial charge in [-0.3, -0.25) is 4.84 Å². The van der Waals surface area contributed by atoms with Gasteiger partial charge in [-0.2, -0.15) is 0 Å². The summed E-state index contributed by atoms with van der Waals surface area (Å²) < 4.78 is 0. The predicted molar refractivity (Wildman–Crippen MR) is 25.7 cm³/mol. The molecular weight excluding hydrogens is 114 g/mol. The monoisotopic (exact) mass is 118 g/mol. The Bertz CT molecular complexity index is 48.8. The van der Waals surface area contributed by atoms with E-state index in [2.05, 4.69) is 17.5 Å². The second kappa shape index (κ2) is 5.56. The third-order valence-electron chi connectivity index (χ3n) is 0.0931. The van der Waals surface area contributed by atoms with Crippen LogP contribution in [0.15, 0.2) is 0 Å². The predicted octanol–water partition coefficient (Wildman–Crippen LogP) is -0.840. The molecule has 0 saturated heterocycles. The molecule has 0 heterocycles. The zero-order valence-electron chi connectivity index (χ0n) is 2.36. The molecule has 0 saturated carbocycles. The van der Waals surface area contributed by atoms with Crippen LogP contribution >= 0.6 is 11.8 Å². The van der Waals surface area contributed by atoms with Crippen LogP contribution in [0, 0.1) is 0 Å². The summed E-state index contributed by atoms with van der Waals surface area (Å²) >= 11 is 4.61. The van der Waals surface area contributed by atoms with Gasteiger partial charge in [0.05, 0.1) is 0 Å². The van der Waals surface area contributed by atoms with Crippen LogP contribution in [0.25, 0.3) is 0 Å². The summed E-state index contributed by atoms with van der Waals surface area (Å²) in [6.07, 6.45) is 0. The quantitative estimate of drug-likeness (QED) is 0.316. The van der Waals surface area contributed by atoms with E-state index in [0.717, 1.165) is 0 Å². The maximum absolute atomic E-state index is 9.35. The molecule has 6 heavy (non-hydrogen) atoms. The first kappa shape index (κ1) is 9.75. The molecule has 0 aliphatic heterocycles. The van der Waals surface area contributed by atoms with Crippen molar-refractivity contribution in [1.82, 2.24) is 4.84 Å². The van der Waals surface area contributed by atoms with Crippen LogP contribution < -0.4 is 10.6 Å². The number of hydrogen-bond donors (Lipinski definition) is 2. The number of amides is 2. The fraction of sp³-hybridized carbons (Fsp3) is 0. The van der Waals surface area contributed by atoms with Crippen molar-refractivity contribution in [3.8, 4) is 0 Å². The average molecular weight is 118 g/mol. The number of primary amides is 1. The SMILES string of the molecule is NC(=O)NCl.[NaH]. The van der Waals surface area contributed by atoms with Crippen molar-refractivity contribution in [3.63, 3.8) is 0 Å². The third kappa shape index (κ3) is 8.82. The van der Waals surface area contributed by atoms with E-state index in [1.807, 2.05) is 0 Å². The standard InChI is InChI=1S/CH3ClN2O.Na.H/c2-4-1(3)5;;/h(H3,3,4,5);;. The first-order valence-corrected chi connectivity index (χ1v) is 1.31. The van der Waals surface area contributed by atoms with Crippen molar-refractivity contribution in [3.05, 3.63) is 0 Å². The molecule has 0 aromatic carbocycles. The van der Waals surface area contributed by atoms with Gasteiger partial charge < -0.3 is 5.73 Å². The fourth-order valence-electron chi connectivity index (χ4n) is 0. The fourth-order valence-corrected chi connectivity index (χ4v) is 0. The number of rotatable bonds is 0. The normalized spacial score (nSPS) is 5.50. The van der Waals surface area contributed by atoms with Crippen LogP contribution in [0.3, 0.4) is 0 Å². The van der Waals surface area contributed by atoms with Gasteiger partial charge in [-0.05, 0) is 0 Å². The van der Waals surface area contributed by atoms with Crippen molar-refractivity contribution in [2.24, 2.45) is 5.73 Å². The number of nitrogens with two attached hydrogens (primary N) is 1. The molecule has 0 unspecified atom stereocenters. The molecule has 0 aromatic heterocycles. The maximum atomic E-state index is 9.35. The minimum absolute atomic E-state index is 0. The molecule has 0 bridgehead atoms. The van der Waals surface area contributed by atoms with Crippen molar-refractivity contribution in [2.45, 2.75) is 0 Å². The van der Waals surface area contributed by atoms with Crippen LogP contribution in [0.2, 0.25) is 0 Å². The Morgan fingerprint density at radius 2 is 2.00 bits per heavy atom.